The van der Waals surface area contributed by atoms with E-state index in [2.05, 4.69) is 10.5 Å². The van der Waals surface area contributed by atoms with Crippen molar-refractivity contribution in [2.45, 2.75) is 38.3 Å². The Labute approximate surface area is 98.9 Å². The van der Waals surface area contributed by atoms with Crippen LogP contribution in [0.15, 0.2) is 4.52 Å². The minimum absolute atomic E-state index is 0.0638. The van der Waals surface area contributed by atoms with Crippen LogP contribution in [0.3, 0.4) is 0 Å². The summed E-state index contributed by atoms with van der Waals surface area (Å²) >= 11 is 0. The number of nitrogens with zero attached hydrogens (tertiary/aromatic N) is 1. The van der Waals surface area contributed by atoms with Crippen molar-refractivity contribution in [2.75, 3.05) is 7.11 Å². The molecule has 1 saturated heterocycles. The normalized spacial score (nSPS) is 24.6. The first-order chi connectivity index (χ1) is 8.13. The number of carboxylic acid groups (broad SMARTS) is 1. The maximum absolute atomic E-state index is 11.0. The van der Waals surface area contributed by atoms with E-state index in [1.807, 2.05) is 0 Å². The summed E-state index contributed by atoms with van der Waals surface area (Å²) in [6, 6.07) is -0.571. The zero-order valence-corrected chi connectivity index (χ0v) is 9.90. The summed E-state index contributed by atoms with van der Waals surface area (Å²) in [5.74, 6) is 0.291. The Hall–Kier alpha value is -1.56. The highest BCUT2D eigenvalue weighted by molar-refractivity contribution is 5.73. The molecule has 2 N–H and O–H groups in total. The molecule has 0 saturated carbocycles. The molecular weight excluding hydrogens is 224 g/mol. The minimum atomic E-state index is -0.817. The van der Waals surface area contributed by atoms with E-state index >= 15 is 0 Å². The Morgan fingerprint density at radius 3 is 3.00 bits per heavy atom. The number of carbonyl (C=O) groups is 1. The third-order valence-electron chi connectivity index (χ3n) is 3.10. The molecule has 2 atom stereocenters. The van der Waals surface area contributed by atoms with E-state index in [1.165, 1.54) is 7.11 Å². The number of rotatable bonds is 3. The van der Waals surface area contributed by atoms with Crippen LogP contribution in [-0.2, 0) is 4.79 Å². The van der Waals surface area contributed by atoms with Gasteiger partial charge in [0.25, 0.3) is 5.88 Å². The van der Waals surface area contributed by atoms with Gasteiger partial charge in [0.2, 0.25) is 0 Å². The highest BCUT2D eigenvalue weighted by atomic mass is 16.5. The first kappa shape index (κ1) is 11.9. The van der Waals surface area contributed by atoms with Crippen molar-refractivity contribution >= 4 is 5.97 Å². The zero-order valence-electron chi connectivity index (χ0n) is 9.90. The molecule has 17 heavy (non-hydrogen) atoms. The van der Waals surface area contributed by atoms with E-state index < -0.39 is 12.0 Å². The standard InChI is InChI=1S/C11H16N2O4/c1-6-9(10(16-2)13-17-6)7-4-3-5-8(12-7)11(14)15/h7-8,12H,3-5H2,1-2H3,(H,14,15). The van der Waals surface area contributed by atoms with Gasteiger partial charge in [-0.1, -0.05) is 0 Å². The average Bonchev–Trinajstić information content (AvgIpc) is 2.70. The first-order valence-electron chi connectivity index (χ1n) is 5.62. The molecule has 0 spiro atoms. The Kier molecular flexibility index (Phi) is 3.33. The third kappa shape index (κ3) is 2.26. The Balaban J connectivity index is 2.21. The smallest absolute Gasteiger partial charge is 0.320 e. The van der Waals surface area contributed by atoms with Gasteiger partial charge >= 0.3 is 5.97 Å². The van der Waals surface area contributed by atoms with Crippen LogP contribution in [0.1, 0.15) is 36.6 Å². The highest BCUT2D eigenvalue weighted by Crippen LogP contribution is 2.33. The Bertz CT molecular complexity index is 416. The second kappa shape index (κ2) is 4.75. The van der Waals surface area contributed by atoms with Gasteiger partial charge in [-0.2, -0.15) is 0 Å². The summed E-state index contributed by atoms with van der Waals surface area (Å²) < 4.78 is 10.2. The maximum atomic E-state index is 11.0. The molecule has 0 radical (unpaired) electrons. The number of carboxylic acids is 1. The molecule has 1 aromatic heterocycles. The van der Waals surface area contributed by atoms with Crippen molar-refractivity contribution in [3.63, 3.8) is 0 Å². The summed E-state index contributed by atoms with van der Waals surface area (Å²) in [7, 11) is 1.53. The predicted molar refractivity (Wildman–Crippen MR) is 58.9 cm³/mol. The van der Waals surface area contributed by atoms with Gasteiger partial charge in [0.05, 0.1) is 12.7 Å². The third-order valence-corrected chi connectivity index (χ3v) is 3.10. The van der Waals surface area contributed by atoms with E-state index in [0.717, 1.165) is 18.4 Å². The summed E-state index contributed by atoms with van der Waals surface area (Å²) in [5.41, 5.74) is 0.832. The maximum Gasteiger partial charge on any atom is 0.320 e. The topological polar surface area (TPSA) is 84.6 Å². The van der Waals surface area contributed by atoms with Crippen molar-refractivity contribution in [1.82, 2.24) is 10.5 Å². The van der Waals surface area contributed by atoms with Crippen molar-refractivity contribution in [3.8, 4) is 5.88 Å². The van der Waals surface area contributed by atoms with Crippen LogP contribution in [0.25, 0.3) is 0 Å². The second-order valence-electron chi connectivity index (χ2n) is 4.20. The van der Waals surface area contributed by atoms with E-state index in [9.17, 15) is 4.79 Å². The van der Waals surface area contributed by atoms with Crippen LogP contribution in [0, 0.1) is 6.92 Å². The molecule has 0 bridgehead atoms. The quantitative estimate of drug-likeness (QED) is 0.827. The average molecular weight is 240 g/mol. The molecule has 0 aromatic carbocycles. The molecule has 1 aliphatic heterocycles. The second-order valence-corrected chi connectivity index (χ2v) is 4.20. The van der Waals surface area contributed by atoms with Gasteiger partial charge in [0.15, 0.2) is 0 Å². The van der Waals surface area contributed by atoms with Gasteiger partial charge in [-0.15, -0.1) is 0 Å². The fourth-order valence-corrected chi connectivity index (χ4v) is 2.26. The van der Waals surface area contributed by atoms with E-state index in [4.69, 9.17) is 14.4 Å². The minimum Gasteiger partial charge on any atom is -0.480 e. The van der Waals surface area contributed by atoms with Crippen LogP contribution < -0.4 is 10.1 Å². The van der Waals surface area contributed by atoms with Crippen LogP contribution in [0.5, 0.6) is 5.88 Å². The van der Waals surface area contributed by atoms with E-state index in [-0.39, 0.29) is 6.04 Å². The SMILES string of the molecule is COc1noc(C)c1C1CCCC(C(=O)O)N1. The van der Waals surface area contributed by atoms with Gasteiger partial charge < -0.3 is 14.4 Å². The molecule has 6 nitrogen and oxygen atoms in total. The summed E-state index contributed by atoms with van der Waals surface area (Å²) in [6.07, 6.45) is 2.38. The molecule has 2 heterocycles. The lowest BCUT2D eigenvalue weighted by molar-refractivity contribution is -0.140. The zero-order chi connectivity index (χ0) is 12.4. The largest absolute Gasteiger partial charge is 0.480 e. The van der Waals surface area contributed by atoms with Gasteiger partial charge in [-0.3, -0.25) is 10.1 Å². The highest BCUT2D eigenvalue weighted by Gasteiger charge is 2.31. The van der Waals surface area contributed by atoms with Gasteiger partial charge in [-0.05, 0) is 31.3 Å². The number of ether oxygens (including phenoxy) is 1. The molecule has 0 amide bonds. The molecule has 2 rings (SSSR count). The lowest BCUT2D eigenvalue weighted by atomic mass is 9.93. The number of aromatic nitrogens is 1. The fraction of sp³-hybridized carbons (Fsp3) is 0.636. The molecule has 1 aliphatic rings. The Morgan fingerprint density at radius 2 is 2.35 bits per heavy atom. The number of hydrogen-bond acceptors (Lipinski definition) is 5. The molecule has 1 fully saturated rings. The molecule has 2 unspecified atom stereocenters. The van der Waals surface area contributed by atoms with Crippen molar-refractivity contribution < 1.29 is 19.2 Å². The number of hydrogen-bond donors (Lipinski definition) is 2. The number of nitrogens with one attached hydrogen (secondary N) is 1. The number of aliphatic carboxylic acids is 1. The van der Waals surface area contributed by atoms with Crippen LogP contribution in [0.4, 0.5) is 0 Å². The van der Waals surface area contributed by atoms with Crippen molar-refractivity contribution in [3.05, 3.63) is 11.3 Å². The van der Waals surface area contributed by atoms with Crippen LogP contribution in [0.2, 0.25) is 0 Å². The lowest BCUT2D eigenvalue weighted by Crippen LogP contribution is -2.42. The van der Waals surface area contributed by atoms with E-state index in [1.54, 1.807) is 6.92 Å². The number of aryl methyl sites for hydroxylation is 1. The fourth-order valence-electron chi connectivity index (χ4n) is 2.26. The van der Waals surface area contributed by atoms with Crippen molar-refractivity contribution in [1.29, 1.82) is 0 Å². The number of methoxy groups -OCH3 is 1. The molecular formula is C11H16N2O4. The van der Waals surface area contributed by atoms with E-state index in [0.29, 0.717) is 18.1 Å². The summed E-state index contributed by atoms with van der Waals surface area (Å²) in [5, 5.41) is 15.9. The van der Waals surface area contributed by atoms with Crippen molar-refractivity contribution in [2.24, 2.45) is 0 Å². The summed E-state index contributed by atoms with van der Waals surface area (Å²) in [4.78, 5) is 11.0. The van der Waals surface area contributed by atoms with Crippen LogP contribution >= 0.6 is 0 Å². The van der Waals surface area contributed by atoms with Gasteiger partial charge in [0.1, 0.15) is 11.8 Å². The summed E-state index contributed by atoms with van der Waals surface area (Å²) in [6.45, 7) is 1.80. The first-order valence-corrected chi connectivity index (χ1v) is 5.62. The molecule has 1 aromatic rings. The monoisotopic (exact) mass is 240 g/mol. The van der Waals surface area contributed by atoms with Crippen LogP contribution in [-0.4, -0.2) is 29.4 Å². The molecule has 6 heteroatoms. The molecule has 94 valence electrons. The Morgan fingerprint density at radius 1 is 1.59 bits per heavy atom. The van der Waals surface area contributed by atoms with Gasteiger partial charge in [-0.25, -0.2) is 0 Å². The predicted octanol–water partition coefficient (Wildman–Crippen LogP) is 1.26. The lowest BCUT2D eigenvalue weighted by Gasteiger charge is -2.28. The van der Waals surface area contributed by atoms with Gasteiger partial charge in [0, 0.05) is 6.04 Å². The molecule has 0 aliphatic carbocycles. The number of piperidine rings is 1.